The summed E-state index contributed by atoms with van der Waals surface area (Å²) in [5.41, 5.74) is 0.486. The number of anilines is 1. The normalized spacial score (nSPS) is 15.3. The molecular formula is C20H19F3N4O3. The summed E-state index contributed by atoms with van der Waals surface area (Å²) in [6.07, 6.45) is -2.64. The van der Waals surface area contributed by atoms with Crippen molar-refractivity contribution in [2.45, 2.75) is 24.9 Å². The van der Waals surface area contributed by atoms with Gasteiger partial charge in [0.1, 0.15) is 22.8 Å². The van der Waals surface area contributed by atoms with Gasteiger partial charge in [-0.15, -0.1) is 0 Å². The number of fused-ring (bicyclic) bond motifs is 1. The van der Waals surface area contributed by atoms with Crippen molar-refractivity contribution in [1.29, 1.82) is 0 Å². The highest BCUT2D eigenvalue weighted by atomic mass is 19.4. The molecule has 1 aliphatic rings. The molecule has 0 atom stereocenters. The number of nitrogens with zero attached hydrogens (tertiary/aromatic N) is 3. The van der Waals surface area contributed by atoms with Crippen molar-refractivity contribution in [3.63, 3.8) is 0 Å². The third kappa shape index (κ3) is 3.70. The number of alkyl halides is 3. The topological polar surface area (TPSA) is 78.3 Å². The number of amides is 1. The molecule has 158 valence electrons. The Kier molecular flexibility index (Phi) is 5.33. The minimum Gasteiger partial charge on any atom is -0.494 e. The first-order chi connectivity index (χ1) is 14.4. The van der Waals surface area contributed by atoms with Crippen LogP contribution in [-0.2, 0) is 15.7 Å². The van der Waals surface area contributed by atoms with Crippen molar-refractivity contribution in [1.82, 2.24) is 14.5 Å². The van der Waals surface area contributed by atoms with Crippen LogP contribution in [0.5, 0.6) is 5.75 Å². The van der Waals surface area contributed by atoms with E-state index in [1.54, 1.807) is 22.8 Å². The van der Waals surface area contributed by atoms with Gasteiger partial charge in [0, 0.05) is 25.2 Å². The monoisotopic (exact) mass is 420 g/mol. The molecule has 30 heavy (non-hydrogen) atoms. The second-order valence-electron chi connectivity index (χ2n) is 6.88. The van der Waals surface area contributed by atoms with E-state index in [4.69, 9.17) is 9.47 Å². The number of hydrogen-bond donors (Lipinski definition) is 1. The molecule has 2 aromatic heterocycles. The van der Waals surface area contributed by atoms with E-state index in [0.29, 0.717) is 60.9 Å². The molecule has 0 spiro atoms. The van der Waals surface area contributed by atoms with Crippen molar-refractivity contribution < 1.29 is 27.4 Å². The average Bonchev–Trinajstić information content (AvgIpc) is 3.13. The summed E-state index contributed by atoms with van der Waals surface area (Å²) in [4.78, 5) is 19.3. The Morgan fingerprint density at radius 1 is 1.20 bits per heavy atom. The molecule has 4 rings (SSSR count). The highest BCUT2D eigenvalue weighted by Crippen LogP contribution is 2.35. The number of carbonyl (C=O) groups excluding carboxylic acids is 1. The van der Waals surface area contributed by atoms with E-state index in [9.17, 15) is 18.0 Å². The number of aromatic nitrogens is 3. The summed E-state index contributed by atoms with van der Waals surface area (Å²) in [7, 11) is 1.44. The Morgan fingerprint density at radius 2 is 1.97 bits per heavy atom. The molecule has 0 saturated carbocycles. The smallest absolute Gasteiger partial charge is 0.433 e. The van der Waals surface area contributed by atoms with Gasteiger partial charge in [-0.25, -0.2) is 9.97 Å². The summed E-state index contributed by atoms with van der Waals surface area (Å²) in [6.45, 7) is 1.11. The van der Waals surface area contributed by atoms with Crippen LogP contribution in [0.4, 0.5) is 18.9 Å². The molecule has 3 aromatic rings. The minimum atomic E-state index is -4.57. The van der Waals surface area contributed by atoms with E-state index in [1.807, 2.05) is 0 Å². The van der Waals surface area contributed by atoms with E-state index < -0.39 is 11.9 Å². The molecular weight excluding hydrogens is 401 g/mol. The Morgan fingerprint density at radius 3 is 2.63 bits per heavy atom. The zero-order valence-electron chi connectivity index (χ0n) is 16.1. The second kappa shape index (κ2) is 7.94. The molecule has 1 aromatic carbocycles. The Bertz CT molecular complexity index is 1080. The van der Waals surface area contributed by atoms with E-state index in [1.165, 1.54) is 13.2 Å². The Labute approximate surface area is 169 Å². The van der Waals surface area contributed by atoms with Gasteiger partial charge in [0.25, 0.3) is 0 Å². The number of pyridine rings is 1. The van der Waals surface area contributed by atoms with Crippen LogP contribution in [0, 0.1) is 0 Å². The molecule has 1 saturated heterocycles. The molecule has 1 fully saturated rings. The number of benzene rings is 1. The van der Waals surface area contributed by atoms with Gasteiger partial charge in [-0.2, -0.15) is 13.2 Å². The lowest BCUT2D eigenvalue weighted by atomic mass is 9.99. The Hall–Kier alpha value is -3.14. The standard InChI is InChI=1S/C20H19F3N4O3/c1-29-16-10-13(2-3-14(16)24-11-28)27-18(12-6-8-30-9-7-12)25-15-4-5-17(20(21,22)23)26-19(15)27/h2-5,10-12H,6-9H2,1H3,(H,24,28). The fraction of sp³-hybridized carbons (Fsp3) is 0.350. The van der Waals surface area contributed by atoms with Crippen LogP contribution in [0.2, 0.25) is 0 Å². The first-order valence-corrected chi connectivity index (χ1v) is 9.35. The molecule has 0 bridgehead atoms. The third-order valence-corrected chi connectivity index (χ3v) is 5.07. The van der Waals surface area contributed by atoms with Gasteiger partial charge in [0.2, 0.25) is 6.41 Å². The van der Waals surface area contributed by atoms with Gasteiger partial charge < -0.3 is 14.8 Å². The summed E-state index contributed by atoms with van der Waals surface area (Å²) in [5.74, 6) is 1.01. The van der Waals surface area contributed by atoms with Gasteiger partial charge in [-0.1, -0.05) is 0 Å². The third-order valence-electron chi connectivity index (χ3n) is 5.07. The van der Waals surface area contributed by atoms with Crippen molar-refractivity contribution >= 4 is 23.3 Å². The summed E-state index contributed by atoms with van der Waals surface area (Å²) in [5, 5.41) is 2.53. The number of halogens is 3. The van der Waals surface area contributed by atoms with Crippen LogP contribution in [0.1, 0.15) is 30.3 Å². The van der Waals surface area contributed by atoms with Gasteiger partial charge in [0.15, 0.2) is 5.65 Å². The van der Waals surface area contributed by atoms with Crippen molar-refractivity contribution in [3.8, 4) is 11.4 Å². The number of carbonyl (C=O) groups is 1. The zero-order chi connectivity index (χ0) is 21.3. The van der Waals surface area contributed by atoms with E-state index >= 15 is 0 Å². The quantitative estimate of drug-likeness (QED) is 0.634. The van der Waals surface area contributed by atoms with Gasteiger partial charge in [-0.05, 0) is 37.1 Å². The summed E-state index contributed by atoms with van der Waals surface area (Å²) >= 11 is 0. The maximum atomic E-state index is 13.3. The summed E-state index contributed by atoms with van der Waals surface area (Å²) < 4.78 is 52.3. The number of hydrogen-bond acceptors (Lipinski definition) is 5. The largest absolute Gasteiger partial charge is 0.494 e. The number of imidazole rings is 1. The predicted octanol–water partition coefficient (Wildman–Crippen LogP) is 3.91. The number of rotatable bonds is 5. The second-order valence-corrected chi connectivity index (χ2v) is 6.88. The molecule has 3 heterocycles. The van der Waals surface area contributed by atoms with E-state index in [0.717, 1.165) is 6.07 Å². The molecule has 0 unspecified atom stereocenters. The highest BCUT2D eigenvalue weighted by Gasteiger charge is 2.34. The van der Waals surface area contributed by atoms with Crippen LogP contribution in [0.25, 0.3) is 16.9 Å². The molecule has 7 nitrogen and oxygen atoms in total. The molecule has 10 heteroatoms. The lowest BCUT2D eigenvalue weighted by Gasteiger charge is -2.23. The maximum absolute atomic E-state index is 13.3. The summed E-state index contributed by atoms with van der Waals surface area (Å²) in [6, 6.07) is 7.21. The molecule has 1 aliphatic heterocycles. The fourth-order valence-corrected chi connectivity index (χ4v) is 3.62. The first kappa shape index (κ1) is 20.1. The lowest BCUT2D eigenvalue weighted by molar-refractivity contribution is -0.141. The minimum absolute atomic E-state index is 0.0149. The molecule has 1 amide bonds. The average molecular weight is 420 g/mol. The van der Waals surface area contributed by atoms with Crippen LogP contribution < -0.4 is 10.1 Å². The van der Waals surface area contributed by atoms with E-state index in [-0.39, 0.29) is 11.6 Å². The maximum Gasteiger partial charge on any atom is 0.433 e. The molecule has 1 N–H and O–H groups in total. The Balaban J connectivity index is 1.94. The van der Waals surface area contributed by atoms with Crippen LogP contribution in [-0.4, -0.2) is 41.3 Å². The van der Waals surface area contributed by atoms with Crippen molar-refractivity contribution in [2.75, 3.05) is 25.6 Å². The molecule has 0 aliphatic carbocycles. The predicted molar refractivity (Wildman–Crippen MR) is 103 cm³/mol. The first-order valence-electron chi connectivity index (χ1n) is 9.35. The zero-order valence-corrected chi connectivity index (χ0v) is 16.1. The lowest BCUT2D eigenvalue weighted by Crippen LogP contribution is -2.18. The van der Waals surface area contributed by atoms with Crippen molar-refractivity contribution in [2.24, 2.45) is 0 Å². The number of ether oxygens (including phenoxy) is 2. The van der Waals surface area contributed by atoms with Crippen LogP contribution in [0.15, 0.2) is 30.3 Å². The van der Waals surface area contributed by atoms with Crippen molar-refractivity contribution in [3.05, 3.63) is 41.9 Å². The fourth-order valence-electron chi connectivity index (χ4n) is 3.62. The molecule has 0 radical (unpaired) electrons. The van der Waals surface area contributed by atoms with Gasteiger partial charge in [0.05, 0.1) is 18.5 Å². The van der Waals surface area contributed by atoms with Gasteiger partial charge in [-0.3, -0.25) is 9.36 Å². The van der Waals surface area contributed by atoms with Crippen LogP contribution >= 0.6 is 0 Å². The number of methoxy groups -OCH3 is 1. The van der Waals surface area contributed by atoms with Gasteiger partial charge >= 0.3 is 6.18 Å². The SMILES string of the molecule is COc1cc(-n2c(C3CCOCC3)nc3ccc(C(F)(F)F)nc32)ccc1NC=O. The van der Waals surface area contributed by atoms with E-state index in [2.05, 4.69) is 15.3 Å². The number of nitrogens with one attached hydrogen (secondary N) is 1. The van der Waals surface area contributed by atoms with Crippen LogP contribution in [0.3, 0.4) is 0 Å². The highest BCUT2D eigenvalue weighted by molar-refractivity contribution is 5.78.